The molecule has 1 unspecified atom stereocenters. The summed E-state index contributed by atoms with van der Waals surface area (Å²) in [5, 5.41) is 11.4. The molecule has 7 heteroatoms. The van der Waals surface area contributed by atoms with Crippen LogP contribution >= 0.6 is 0 Å². The molecular formula is C14H25NO6. The van der Waals surface area contributed by atoms with Crippen molar-refractivity contribution < 1.29 is 29.0 Å². The second-order valence-electron chi connectivity index (χ2n) is 5.86. The van der Waals surface area contributed by atoms with E-state index in [2.05, 4.69) is 5.32 Å². The minimum Gasteiger partial charge on any atom is -0.481 e. The molecule has 0 heterocycles. The zero-order chi connectivity index (χ0) is 16.6. The Bertz CT molecular complexity index is 378. The van der Waals surface area contributed by atoms with E-state index in [0.717, 1.165) is 0 Å². The average Bonchev–Trinajstić information content (AvgIpc) is 2.21. The van der Waals surface area contributed by atoms with Gasteiger partial charge in [-0.2, -0.15) is 0 Å². The lowest BCUT2D eigenvalue weighted by molar-refractivity contribution is -0.192. The molecular weight excluding hydrogens is 278 g/mol. The molecule has 0 radical (unpaired) electrons. The molecule has 1 amide bonds. The predicted molar refractivity (Wildman–Crippen MR) is 75.5 cm³/mol. The van der Waals surface area contributed by atoms with Gasteiger partial charge in [-0.05, 0) is 18.3 Å². The summed E-state index contributed by atoms with van der Waals surface area (Å²) < 4.78 is 9.80. The number of carboxylic acids is 1. The molecule has 0 fully saturated rings. The highest BCUT2D eigenvalue weighted by molar-refractivity contribution is 5.70. The number of carbonyl (C=O) groups is 3. The van der Waals surface area contributed by atoms with Crippen molar-refractivity contribution in [1.29, 1.82) is 0 Å². The maximum absolute atomic E-state index is 11.6. The molecule has 0 aliphatic carbocycles. The van der Waals surface area contributed by atoms with E-state index < -0.39 is 23.8 Å². The fraction of sp³-hybridized carbons (Fsp3) is 0.786. The molecule has 21 heavy (non-hydrogen) atoms. The third-order valence-electron chi connectivity index (χ3n) is 2.53. The Morgan fingerprint density at radius 3 is 2.19 bits per heavy atom. The second-order valence-corrected chi connectivity index (χ2v) is 5.86. The van der Waals surface area contributed by atoms with Crippen LogP contribution in [0.5, 0.6) is 0 Å². The molecule has 0 rings (SSSR count). The summed E-state index contributed by atoms with van der Waals surface area (Å²) in [5.74, 6) is -2.68. The Hall–Kier alpha value is -1.79. The van der Waals surface area contributed by atoms with Crippen LogP contribution in [-0.4, -0.2) is 35.5 Å². The zero-order valence-electron chi connectivity index (χ0n) is 13.3. The van der Waals surface area contributed by atoms with E-state index in [9.17, 15) is 14.4 Å². The molecule has 0 aromatic heterocycles. The minimum absolute atomic E-state index is 0.0220. The van der Waals surface area contributed by atoms with Crippen LogP contribution in [0.3, 0.4) is 0 Å². The lowest BCUT2D eigenvalue weighted by Gasteiger charge is -2.25. The quantitative estimate of drug-likeness (QED) is 0.526. The fourth-order valence-electron chi connectivity index (χ4n) is 2.01. The van der Waals surface area contributed by atoms with Crippen molar-refractivity contribution in [3.05, 3.63) is 0 Å². The summed E-state index contributed by atoms with van der Waals surface area (Å²) in [4.78, 5) is 33.3. The number of carboxylic acid groups (broad SMARTS) is 1. The molecule has 7 nitrogen and oxygen atoms in total. The Labute approximate surface area is 125 Å². The molecule has 0 aliphatic heterocycles. The number of hydrogen-bond donors (Lipinski definition) is 2. The third-order valence-corrected chi connectivity index (χ3v) is 2.53. The van der Waals surface area contributed by atoms with Crippen molar-refractivity contribution >= 4 is 18.0 Å². The molecule has 0 saturated carbocycles. The first-order valence-corrected chi connectivity index (χ1v) is 6.90. The van der Waals surface area contributed by atoms with Gasteiger partial charge in [-0.15, -0.1) is 0 Å². The highest BCUT2D eigenvalue weighted by Crippen LogP contribution is 2.16. The lowest BCUT2D eigenvalue weighted by atomic mass is 9.94. The van der Waals surface area contributed by atoms with Gasteiger partial charge in [-0.3, -0.25) is 9.59 Å². The van der Waals surface area contributed by atoms with E-state index in [1.165, 1.54) is 20.8 Å². The van der Waals surface area contributed by atoms with Gasteiger partial charge in [-0.25, -0.2) is 4.79 Å². The van der Waals surface area contributed by atoms with Crippen LogP contribution in [0.4, 0.5) is 4.79 Å². The van der Waals surface area contributed by atoms with E-state index >= 15 is 0 Å². The van der Waals surface area contributed by atoms with Gasteiger partial charge in [0.05, 0.1) is 0 Å². The van der Waals surface area contributed by atoms with E-state index in [0.29, 0.717) is 12.3 Å². The number of aliphatic carboxylic acids is 1. The molecule has 0 aromatic carbocycles. The number of carbonyl (C=O) groups excluding carboxylic acids is 2. The van der Waals surface area contributed by atoms with Crippen molar-refractivity contribution in [1.82, 2.24) is 5.32 Å². The zero-order valence-corrected chi connectivity index (χ0v) is 13.3. The van der Waals surface area contributed by atoms with Crippen LogP contribution in [0.25, 0.3) is 0 Å². The van der Waals surface area contributed by atoms with Crippen LogP contribution < -0.4 is 5.32 Å². The van der Waals surface area contributed by atoms with Crippen LogP contribution in [-0.2, 0) is 19.1 Å². The number of hydrogen-bond acceptors (Lipinski definition) is 5. The molecule has 1 atom stereocenters. The standard InChI is InChI=1S/C14H25NO6/c1-9(2)6-11(7-12(17)18)8-15-13(19)21-14(4,5)20-10(3)16/h9,11H,6-8H2,1-5H3,(H,15,19)(H,17,18). The Morgan fingerprint density at radius 1 is 1.19 bits per heavy atom. The fourth-order valence-corrected chi connectivity index (χ4v) is 2.01. The monoisotopic (exact) mass is 303 g/mol. The first-order valence-electron chi connectivity index (χ1n) is 6.90. The van der Waals surface area contributed by atoms with Crippen LogP contribution in [0.2, 0.25) is 0 Å². The summed E-state index contributed by atoms with van der Waals surface area (Å²) in [6, 6.07) is 0. The first-order chi connectivity index (χ1) is 9.51. The molecule has 0 aromatic rings. The lowest BCUT2D eigenvalue weighted by Crippen LogP contribution is -2.39. The normalized spacial score (nSPS) is 12.7. The topological polar surface area (TPSA) is 102 Å². The number of nitrogens with one attached hydrogen (secondary N) is 1. The van der Waals surface area contributed by atoms with Crippen molar-refractivity contribution in [2.75, 3.05) is 6.54 Å². The Kier molecular flexibility index (Phi) is 7.76. The maximum atomic E-state index is 11.6. The van der Waals surface area contributed by atoms with Gasteiger partial charge in [0.15, 0.2) is 0 Å². The molecule has 0 saturated heterocycles. The van der Waals surface area contributed by atoms with E-state index in [1.807, 2.05) is 13.8 Å². The summed E-state index contributed by atoms with van der Waals surface area (Å²) in [7, 11) is 0. The van der Waals surface area contributed by atoms with Gasteiger partial charge in [0, 0.05) is 33.7 Å². The molecule has 0 aliphatic rings. The highest BCUT2D eigenvalue weighted by Gasteiger charge is 2.26. The molecule has 0 spiro atoms. The highest BCUT2D eigenvalue weighted by atomic mass is 16.7. The predicted octanol–water partition coefficient (Wildman–Crippen LogP) is 2.15. The Balaban J connectivity index is 4.35. The van der Waals surface area contributed by atoms with E-state index in [4.69, 9.17) is 14.6 Å². The van der Waals surface area contributed by atoms with Gasteiger partial charge in [-0.1, -0.05) is 13.8 Å². The van der Waals surface area contributed by atoms with E-state index in [1.54, 1.807) is 0 Å². The van der Waals surface area contributed by atoms with Crippen molar-refractivity contribution in [3.63, 3.8) is 0 Å². The number of alkyl carbamates (subject to hydrolysis) is 1. The van der Waals surface area contributed by atoms with Gasteiger partial charge in [0.1, 0.15) is 0 Å². The maximum Gasteiger partial charge on any atom is 0.410 e. The molecule has 0 bridgehead atoms. The summed E-state index contributed by atoms with van der Waals surface area (Å²) in [5.41, 5.74) is 0. The second kappa shape index (κ2) is 8.49. The summed E-state index contributed by atoms with van der Waals surface area (Å²) >= 11 is 0. The van der Waals surface area contributed by atoms with Crippen LogP contribution in [0.1, 0.15) is 47.5 Å². The molecule has 122 valence electrons. The van der Waals surface area contributed by atoms with Crippen LogP contribution in [0, 0.1) is 11.8 Å². The van der Waals surface area contributed by atoms with Crippen molar-refractivity contribution in [2.24, 2.45) is 11.8 Å². The van der Waals surface area contributed by atoms with Crippen molar-refractivity contribution in [2.45, 2.75) is 53.2 Å². The molecule has 2 N–H and O–H groups in total. The smallest absolute Gasteiger partial charge is 0.410 e. The first kappa shape index (κ1) is 19.2. The number of esters is 1. The van der Waals surface area contributed by atoms with Crippen LogP contribution in [0.15, 0.2) is 0 Å². The van der Waals surface area contributed by atoms with Gasteiger partial charge >= 0.3 is 18.0 Å². The third kappa shape index (κ3) is 10.6. The largest absolute Gasteiger partial charge is 0.481 e. The summed E-state index contributed by atoms with van der Waals surface area (Å²) in [6.45, 7) is 8.26. The number of ether oxygens (including phenoxy) is 2. The Morgan fingerprint density at radius 2 is 1.76 bits per heavy atom. The minimum atomic E-state index is -1.36. The van der Waals surface area contributed by atoms with Gasteiger partial charge in [0.25, 0.3) is 5.79 Å². The van der Waals surface area contributed by atoms with Gasteiger partial charge < -0.3 is 19.9 Å². The number of rotatable bonds is 8. The van der Waals surface area contributed by atoms with Gasteiger partial charge in [0.2, 0.25) is 0 Å². The van der Waals surface area contributed by atoms with Crippen molar-refractivity contribution in [3.8, 4) is 0 Å². The SMILES string of the molecule is CC(=O)OC(C)(C)OC(=O)NCC(CC(=O)O)CC(C)C. The summed E-state index contributed by atoms with van der Waals surface area (Å²) in [6.07, 6.45) is -0.0912. The number of amides is 1. The van der Waals surface area contributed by atoms with E-state index in [-0.39, 0.29) is 18.9 Å². The average molecular weight is 303 g/mol.